The van der Waals surface area contributed by atoms with Crippen LogP contribution in [0.2, 0.25) is 0 Å². The normalized spacial score (nSPS) is 15.1. The van der Waals surface area contributed by atoms with Crippen molar-refractivity contribution in [2.24, 2.45) is 11.1 Å². The van der Waals surface area contributed by atoms with Crippen molar-refractivity contribution in [3.63, 3.8) is 0 Å². The van der Waals surface area contributed by atoms with E-state index in [-0.39, 0.29) is 19.1 Å². The zero-order valence-corrected chi connectivity index (χ0v) is 11.5. The molecule has 2 rings (SSSR count). The Kier molecular flexibility index (Phi) is 4.45. The number of hydrogen-bond acceptors (Lipinski definition) is 5. The van der Waals surface area contributed by atoms with Gasteiger partial charge >= 0.3 is 0 Å². The summed E-state index contributed by atoms with van der Waals surface area (Å²) in [5.74, 6) is 1.39. The first kappa shape index (κ1) is 14.2. The number of oxime groups is 1. The maximum Gasteiger partial charge on any atom is 0.257 e. The van der Waals surface area contributed by atoms with Crippen LogP contribution in [0.25, 0.3) is 0 Å². The number of nitrogens with one attached hydrogen (secondary N) is 1. The Hall–Kier alpha value is -2.24. The van der Waals surface area contributed by atoms with Crippen molar-refractivity contribution in [2.75, 3.05) is 19.8 Å². The molecular formula is C14H18N2O4. The van der Waals surface area contributed by atoms with Gasteiger partial charge in [0.1, 0.15) is 23.8 Å². The van der Waals surface area contributed by atoms with Crippen molar-refractivity contribution in [2.45, 2.75) is 13.8 Å². The lowest BCUT2D eigenvalue weighted by Gasteiger charge is -2.09. The van der Waals surface area contributed by atoms with E-state index in [1.54, 1.807) is 18.2 Å². The topological polar surface area (TPSA) is 80.2 Å². The molecule has 1 aliphatic rings. The lowest BCUT2D eigenvalue weighted by Crippen LogP contribution is -2.31. The maximum atomic E-state index is 11.5. The van der Waals surface area contributed by atoms with Gasteiger partial charge < -0.3 is 20.0 Å². The molecule has 0 bridgehead atoms. The fourth-order valence-electron chi connectivity index (χ4n) is 1.77. The Balaban J connectivity index is 1.90. The van der Waals surface area contributed by atoms with Crippen LogP contribution in [-0.2, 0) is 4.79 Å². The third-order valence-electron chi connectivity index (χ3n) is 2.83. The van der Waals surface area contributed by atoms with Gasteiger partial charge in [0.15, 0.2) is 6.61 Å². The van der Waals surface area contributed by atoms with Gasteiger partial charge in [-0.3, -0.25) is 4.79 Å². The van der Waals surface area contributed by atoms with Crippen LogP contribution in [0.4, 0.5) is 0 Å². The van der Waals surface area contributed by atoms with E-state index >= 15 is 0 Å². The number of rotatable bonds is 5. The molecule has 1 aromatic rings. The first-order valence-electron chi connectivity index (χ1n) is 6.47. The molecule has 0 unspecified atom stereocenters. The molecule has 0 aliphatic carbocycles. The molecule has 6 heteroatoms. The van der Waals surface area contributed by atoms with E-state index in [2.05, 4.69) is 10.5 Å². The molecule has 0 saturated carbocycles. The molecule has 1 heterocycles. The highest BCUT2D eigenvalue weighted by Gasteiger charge is 2.20. The van der Waals surface area contributed by atoms with Crippen LogP contribution in [0.15, 0.2) is 23.4 Å². The Morgan fingerprint density at radius 3 is 3.05 bits per heavy atom. The molecule has 20 heavy (non-hydrogen) atoms. The average molecular weight is 278 g/mol. The Bertz CT molecular complexity index is 526. The van der Waals surface area contributed by atoms with Gasteiger partial charge in [0.25, 0.3) is 5.91 Å². The van der Waals surface area contributed by atoms with Gasteiger partial charge in [0.2, 0.25) is 0 Å². The third-order valence-corrected chi connectivity index (χ3v) is 2.83. The zero-order chi connectivity index (χ0) is 14.5. The zero-order valence-electron chi connectivity index (χ0n) is 11.5. The van der Waals surface area contributed by atoms with Gasteiger partial charge in [-0.15, -0.1) is 0 Å². The summed E-state index contributed by atoms with van der Waals surface area (Å²) in [4.78, 5) is 11.5. The van der Waals surface area contributed by atoms with E-state index in [4.69, 9.17) is 14.7 Å². The number of fused-ring (bicyclic) bond motifs is 1. The molecule has 6 nitrogen and oxygen atoms in total. The lowest BCUT2D eigenvalue weighted by molar-refractivity contribution is -0.123. The number of hydrogen-bond donors (Lipinski definition) is 2. The van der Waals surface area contributed by atoms with E-state index in [0.717, 1.165) is 5.56 Å². The lowest BCUT2D eigenvalue weighted by atomic mass is 10.1. The Morgan fingerprint density at radius 2 is 2.35 bits per heavy atom. The quantitative estimate of drug-likeness (QED) is 0.630. The second-order valence-corrected chi connectivity index (χ2v) is 4.98. The Morgan fingerprint density at radius 1 is 1.55 bits per heavy atom. The molecule has 108 valence electrons. The van der Waals surface area contributed by atoms with Gasteiger partial charge in [0, 0.05) is 18.2 Å². The number of carbonyl (C=O) groups is 1. The van der Waals surface area contributed by atoms with Crippen LogP contribution in [0.3, 0.4) is 0 Å². The molecular weight excluding hydrogens is 260 g/mol. The third kappa shape index (κ3) is 3.40. The predicted molar refractivity (Wildman–Crippen MR) is 73.6 cm³/mol. The molecule has 0 atom stereocenters. The van der Waals surface area contributed by atoms with Crippen LogP contribution >= 0.6 is 0 Å². The summed E-state index contributed by atoms with van der Waals surface area (Å²) in [7, 11) is 0. The molecule has 1 amide bonds. The number of carbonyl (C=O) groups excluding carboxylic acids is 1. The summed E-state index contributed by atoms with van der Waals surface area (Å²) in [5.41, 5.74) is 1.23. The number of ether oxygens (including phenoxy) is 2. The van der Waals surface area contributed by atoms with Crippen LogP contribution < -0.4 is 14.8 Å². The largest absolute Gasteiger partial charge is 0.486 e. The van der Waals surface area contributed by atoms with E-state index in [1.165, 1.54) is 0 Å². The molecule has 0 fully saturated rings. The van der Waals surface area contributed by atoms with Crippen LogP contribution in [-0.4, -0.2) is 36.6 Å². The molecule has 2 N–H and O–H groups in total. The summed E-state index contributed by atoms with van der Waals surface area (Å²) in [5, 5.41) is 14.7. The molecule has 0 saturated heterocycles. The monoisotopic (exact) mass is 278 g/mol. The second-order valence-electron chi connectivity index (χ2n) is 4.98. The first-order valence-corrected chi connectivity index (χ1v) is 6.47. The average Bonchev–Trinajstić information content (AvgIpc) is 2.85. The fourth-order valence-corrected chi connectivity index (χ4v) is 1.77. The van der Waals surface area contributed by atoms with Gasteiger partial charge in [-0.25, -0.2) is 0 Å². The standard InChI is InChI=1S/C14H18N2O4/c1-9(2)6-15-14(17)8-19-10-3-4-11-12(16-18)7-20-13(11)5-10/h3-5,9,18H,6-8H2,1-2H3,(H,15,17). The molecule has 0 aromatic heterocycles. The molecule has 1 aromatic carbocycles. The van der Waals surface area contributed by atoms with Crippen LogP contribution in [0.1, 0.15) is 19.4 Å². The first-order chi connectivity index (χ1) is 9.60. The van der Waals surface area contributed by atoms with Crippen molar-refractivity contribution in [1.82, 2.24) is 5.32 Å². The number of benzene rings is 1. The van der Waals surface area contributed by atoms with Crippen molar-refractivity contribution in [3.05, 3.63) is 23.8 Å². The van der Waals surface area contributed by atoms with Crippen molar-refractivity contribution < 1.29 is 19.5 Å². The smallest absolute Gasteiger partial charge is 0.257 e. The highest BCUT2D eigenvalue weighted by Crippen LogP contribution is 2.29. The summed E-state index contributed by atoms with van der Waals surface area (Å²) in [6, 6.07) is 5.15. The SMILES string of the molecule is CC(C)CNC(=O)COc1ccc2c(c1)OCC2=NO. The maximum absolute atomic E-state index is 11.5. The molecule has 1 aliphatic heterocycles. The molecule has 0 radical (unpaired) electrons. The van der Waals surface area contributed by atoms with Crippen LogP contribution in [0, 0.1) is 5.92 Å². The minimum atomic E-state index is -0.155. The van der Waals surface area contributed by atoms with E-state index in [0.29, 0.717) is 29.7 Å². The van der Waals surface area contributed by atoms with Crippen molar-refractivity contribution in [3.8, 4) is 11.5 Å². The van der Waals surface area contributed by atoms with E-state index < -0.39 is 0 Å². The summed E-state index contributed by atoms with van der Waals surface area (Å²) in [6.07, 6.45) is 0. The number of nitrogens with zero attached hydrogens (tertiary/aromatic N) is 1. The highest BCUT2D eigenvalue weighted by molar-refractivity contribution is 6.06. The van der Waals surface area contributed by atoms with Crippen molar-refractivity contribution >= 4 is 11.6 Å². The van der Waals surface area contributed by atoms with Gasteiger partial charge in [-0.05, 0) is 18.1 Å². The summed E-state index contributed by atoms with van der Waals surface area (Å²) in [6.45, 7) is 4.89. The molecule has 0 spiro atoms. The van der Waals surface area contributed by atoms with Crippen LogP contribution in [0.5, 0.6) is 11.5 Å². The second kappa shape index (κ2) is 6.27. The summed E-state index contributed by atoms with van der Waals surface area (Å²) >= 11 is 0. The highest BCUT2D eigenvalue weighted by atomic mass is 16.5. The summed E-state index contributed by atoms with van der Waals surface area (Å²) < 4.78 is 10.8. The van der Waals surface area contributed by atoms with Crippen molar-refractivity contribution in [1.29, 1.82) is 0 Å². The minimum Gasteiger partial charge on any atom is -0.486 e. The van der Waals surface area contributed by atoms with E-state index in [1.807, 2.05) is 13.8 Å². The van der Waals surface area contributed by atoms with Gasteiger partial charge in [-0.1, -0.05) is 19.0 Å². The number of amides is 1. The van der Waals surface area contributed by atoms with E-state index in [9.17, 15) is 4.79 Å². The predicted octanol–water partition coefficient (Wildman–Crippen LogP) is 1.41. The Labute approximate surface area is 117 Å². The van der Waals surface area contributed by atoms with Gasteiger partial charge in [-0.2, -0.15) is 0 Å². The van der Waals surface area contributed by atoms with Gasteiger partial charge in [0.05, 0.1) is 0 Å². The fraction of sp³-hybridized carbons (Fsp3) is 0.429. The minimum absolute atomic E-state index is 0.0353.